The van der Waals surface area contributed by atoms with Crippen molar-refractivity contribution in [1.29, 1.82) is 0 Å². The molecule has 13 heavy (non-hydrogen) atoms. The van der Waals surface area contributed by atoms with Gasteiger partial charge in [-0.25, -0.2) is 0 Å². The minimum Gasteiger partial charge on any atom is -0.361 e. The molecule has 0 atom stereocenters. The number of hydrogen-bond acceptors (Lipinski definition) is 2. The minimum absolute atomic E-state index is 0.919. The maximum Gasteiger partial charge on any atom is 0.0939 e. The van der Waals surface area contributed by atoms with E-state index < -0.39 is 0 Å². The number of nitrogens with zero attached hydrogens (tertiary/aromatic N) is 2. The predicted molar refractivity (Wildman–Crippen MR) is 58.4 cm³/mol. The van der Waals surface area contributed by atoms with Crippen LogP contribution < -0.4 is 4.90 Å². The van der Waals surface area contributed by atoms with E-state index >= 15 is 0 Å². The van der Waals surface area contributed by atoms with Crippen LogP contribution in [0.3, 0.4) is 0 Å². The fourth-order valence-corrected chi connectivity index (χ4v) is 1.88. The molecule has 0 aromatic heterocycles. The largest absolute Gasteiger partial charge is 0.361 e. The summed E-state index contributed by atoms with van der Waals surface area (Å²) >= 11 is 3.53. The summed E-state index contributed by atoms with van der Waals surface area (Å²) in [6.45, 7) is 0.919. The van der Waals surface area contributed by atoms with Crippen LogP contribution >= 0.6 is 15.9 Å². The average Bonchev–Trinajstić information content (AvgIpc) is 2.53. The molecule has 0 saturated heterocycles. The highest BCUT2D eigenvalue weighted by molar-refractivity contribution is 9.10. The zero-order chi connectivity index (χ0) is 9.26. The first-order chi connectivity index (χ1) is 6.27. The Bertz CT molecular complexity index is 335. The Kier molecular flexibility index (Phi) is 2.27. The van der Waals surface area contributed by atoms with Gasteiger partial charge in [0, 0.05) is 23.9 Å². The van der Waals surface area contributed by atoms with E-state index in [0.29, 0.717) is 0 Å². The fraction of sp³-hybridized carbons (Fsp3) is 0.200. The Labute approximate surface area is 86.6 Å². The van der Waals surface area contributed by atoms with Gasteiger partial charge >= 0.3 is 0 Å². The lowest BCUT2D eigenvalue weighted by atomic mass is 10.3. The maximum absolute atomic E-state index is 3.53. The van der Waals surface area contributed by atoms with Crippen LogP contribution in [-0.4, -0.2) is 18.6 Å². The molecule has 1 aliphatic heterocycles. The standard InChI is InChI=1S/C10H11BrN2/c1-12-6-7-13(8-12)10-5-3-2-4-9(10)11/h2-7H,8H2,1H3. The van der Waals surface area contributed by atoms with Crippen molar-refractivity contribution in [2.45, 2.75) is 0 Å². The van der Waals surface area contributed by atoms with Gasteiger partial charge in [-0.2, -0.15) is 0 Å². The molecule has 0 fully saturated rings. The van der Waals surface area contributed by atoms with Crippen molar-refractivity contribution in [3.63, 3.8) is 0 Å². The van der Waals surface area contributed by atoms with Crippen molar-refractivity contribution in [3.8, 4) is 0 Å². The van der Waals surface area contributed by atoms with E-state index in [-0.39, 0.29) is 0 Å². The first-order valence-electron chi connectivity index (χ1n) is 4.17. The van der Waals surface area contributed by atoms with Gasteiger partial charge in [-0.05, 0) is 28.1 Å². The van der Waals surface area contributed by atoms with Crippen molar-refractivity contribution in [1.82, 2.24) is 4.90 Å². The second-order valence-corrected chi connectivity index (χ2v) is 3.97. The number of anilines is 1. The summed E-state index contributed by atoms with van der Waals surface area (Å²) in [5.41, 5.74) is 1.21. The zero-order valence-electron chi connectivity index (χ0n) is 7.44. The highest BCUT2D eigenvalue weighted by Gasteiger charge is 2.11. The zero-order valence-corrected chi connectivity index (χ0v) is 9.03. The van der Waals surface area contributed by atoms with Crippen LogP contribution in [0, 0.1) is 0 Å². The molecule has 2 rings (SSSR count). The second-order valence-electron chi connectivity index (χ2n) is 3.12. The second kappa shape index (κ2) is 3.42. The molecule has 0 aliphatic carbocycles. The van der Waals surface area contributed by atoms with Gasteiger partial charge in [-0.15, -0.1) is 0 Å². The lowest BCUT2D eigenvalue weighted by molar-refractivity contribution is 0.495. The number of hydrogen-bond donors (Lipinski definition) is 0. The first kappa shape index (κ1) is 8.63. The van der Waals surface area contributed by atoms with Gasteiger partial charge in [-0.3, -0.25) is 0 Å². The predicted octanol–water partition coefficient (Wildman–Crippen LogP) is 2.63. The number of rotatable bonds is 1. The van der Waals surface area contributed by atoms with Crippen molar-refractivity contribution >= 4 is 21.6 Å². The molecule has 1 aliphatic rings. The van der Waals surface area contributed by atoms with Crippen LogP contribution in [0.4, 0.5) is 5.69 Å². The molecule has 0 bridgehead atoms. The van der Waals surface area contributed by atoms with Gasteiger partial charge in [0.2, 0.25) is 0 Å². The van der Waals surface area contributed by atoms with Crippen molar-refractivity contribution in [3.05, 3.63) is 41.1 Å². The number of benzene rings is 1. The normalized spacial score (nSPS) is 15.5. The summed E-state index contributed by atoms with van der Waals surface area (Å²) in [6, 6.07) is 8.23. The van der Waals surface area contributed by atoms with E-state index in [0.717, 1.165) is 11.1 Å². The SMILES string of the molecule is CN1C=CN(c2ccccc2Br)C1. The summed E-state index contributed by atoms with van der Waals surface area (Å²) in [5.74, 6) is 0. The van der Waals surface area contributed by atoms with Crippen LogP contribution in [-0.2, 0) is 0 Å². The summed E-state index contributed by atoms with van der Waals surface area (Å²) in [7, 11) is 2.06. The molecular weight excluding hydrogens is 228 g/mol. The van der Waals surface area contributed by atoms with E-state index in [2.05, 4.69) is 57.3 Å². The summed E-state index contributed by atoms with van der Waals surface area (Å²) in [5, 5.41) is 0. The smallest absolute Gasteiger partial charge is 0.0939 e. The molecule has 0 spiro atoms. The molecule has 0 saturated carbocycles. The highest BCUT2D eigenvalue weighted by Crippen LogP contribution is 2.27. The molecule has 0 unspecified atom stereocenters. The van der Waals surface area contributed by atoms with Crippen LogP contribution in [0.15, 0.2) is 41.1 Å². The molecule has 3 heteroatoms. The number of para-hydroxylation sites is 1. The minimum atomic E-state index is 0.919. The molecule has 0 N–H and O–H groups in total. The van der Waals surface area contributed by atoms with Crippen molar-refractivity contribution in [2.75, 3.05) is 18.6 Å². The summed E-state index contributed by atoms with van der Waals surface area (Å²) in [4.78, 5) is 4.34. The molecule has 1 heterocycles. The van der Waals surface area contributed by atoms with Crippen LogP contribution in [0.25, 0.3) is 0 Å². The third kappa shape index (κ3) is 1.70. The van der Waals surface area contributed by atoms with E-state index in [1.807, 2.05) is 12.1 Å². The van der Waals surface area contributed by atoms with E-state index in [1.165, 1.54) is 5.69 Å². The van der Waals surface area contributed by atoms with E-state index in [4.69, 9.17) is 0 Å². The average molecular weight is 239 g/mol. The lowest BCUT2D eigenvalue weighted by Crippen LogP contribution is -2.21. The Morgan fingerprint density at radius 1 is 1.23 bits per heavy atom. The van der Waals surface area contributed by atoms with Gasteiger partial charge in [-0.1, -0.05) is 12.1 Å². The quantitative estimate of drug-likeness (QED) is 0.743. The van der Waals surface area contributed by atoms with Crippen LogP contribution in [0.5, 0.6) is 0 Å². The van der Waals surface area contributed by atoms with E-state index in [1.54, 1.807) is 0 Å². The monoisotopic (exact) mass is 238 g/mol. The Hall–Kier alpha value is -0.960. The topological polar surface area (TPSA) is 6.48 Å². The molecule has 1 aromatic carbocycles. The molecule has 0 amide bonds. The summed E-state index contributed by atoms with van der Waals surface area (Å²) < 4.78 is 1.13. The molecule has 1 aromatic rings. The van der Waals surface area contributed by atoms with Crippen molar-refractivity contribution < 1.29 is 0 Å². The van der Waals surface area contributed by atoms with Gasteiger partial charge in [0.1, 0.15) is 0 Å². The van der Waals surface area contributed by atoms with Crippen molar-refractivity contribution in [2.24, 2.45) is 0 Å². The molecule has 68 valence electrons. The maximum atomic E-state index is 3.53. The summed E-state index contributed by atoms with van der Waals surface area (Å²) in [6.07, 6.45) is 4.15. The number of halogens is 1. The molecule has 0 radical (unpaired) electrons. The molecule has 2 nitrogen and oxygen atoms in total. The first-order valence-corrected chi connectivity index (χ1v) is 4.96. The third-order valence-corrected chi connectivity index (χ3v) is 2.71. The Morgan fingerprint density at radius 3 is 2.62 bits per heavy atom. The van der Waals surface area contributed by atoms with Gasteiger partial charge in [0.05, 0.1) is 12.4 Å². The van der Waals surface area contributed by atoms with Gasteiger partial charge < -0.3 is 9.80 Å². The fourth-order valence-electron chi connectivity index (χ4n) is 1.37. The van der Waals surface area contributed by atoms with Gasteiger partial charge in [0.25, 0.3) is 0 Å². The van der Waals surface area contributed by atoms with Gasteiger partial charge in [0.15, 0.2) is 0 Å². The lowest BCUT2D eigenvalue weighted by Gasteiger charge is -2.19. The van der Waals surface area contributed by atoms with Crippen LogP contribution in [0.1, 0.15) is 0 Å². The van der Waals surface area contributed by atoms with Crippen LogP contribution in [0.2, 0.25) is 0 Å². The molecular formula is C10H11BrN2. The Morgan fingerprint density at radius 2 is 2.00 bits per heavy atom. The highest BCUT2D eigenvalue weighted by atomic mass is 79.9. The third-order valence-electron chi connectivity index (χ3n) is 2.04. The van der Waals surface area contributed by atoms with E-state index in [9.17, 15) is 0 Å². The Balaban J connectivity index is 2.27.